The van der Waals surface area contributed by atoms with Gasteiger partial charge in [-0.1, -0.05) is 6.07 Å². The summed E-state index contributed by atoms with van der Waals surface area (Å²) in [5.74, 6) is -0.226. The van der Waals surface area contributed by atoms with Crippen molar-refractivity contribution in [2.24, 2.45) is 0 Å². The van der Waals surface area contributed by atoms with Crippen LogP contribution in [-0.4, -0.2) is 4.98 Å². The molecule has 0 bridgehead atoms. The lowest BCUT2D eigenvalue weighted by atomic mass is 10.1. The van der Waals surface area contributed by atoms with Crippen molar-refractivity contribution in [3.63, 3.8) is 0 Å². The summed E-state index contributed by atoms with van der Waals surface area (Å²) in [6.07, 6.45) is 1.77. The summed E-state index contributed by atoms with van der Waals surface area (Å²) in [7, 11) is 2.57. The number of hydrogen-bond acceptors (Lipinski definition) is 1. The molecule has 1 heterocycles. The monoisotopic (exact) mass is 205 g/mol. The lowest BCUT2D eigenvalue weighted by molar-refractivity contribution is 0.628. The van der Waals surface area contributed by atoms with Gasteiger partial charge in [0.2, 0.25) is 0 Å². The van der Waals surface area contributed by atoms with Crippen molar-refractivity contribution in [1.82, 2.24) is 4.98 Å². The van der Waals surface area contributed by atoms with Gasteiger partial charge in [-0.3, -0.25) is 4.98 Å². The van der Waals surface area contributed by atoms with Crippen LogP contribution in [0.5, 0.6) is 0 Å². The predicted molar refractivity (Wildman–Crippen MR) is 59.0 cm³/mol. The van der Waals surface area contributed by atoms with Crippen LogP contribution in [0, 0.1) is 5.82 Å². The molecule has 0 saturated carbocycles. The number of nitrogens with zero attached hydrogens (tertiary/aromatic N) is 1. The SMILES string of the molecule is Fc1ccc(-c2ccc(P)cn2)cc1. The third-order valence-corrected chi connectivity index (χ3v) is 2.27. The molecule has 0 saturated heterocycles. The molecule has 1 unspecified atom stereocenters. The van der Waals surface area contributed by atoms with E-state index in [2.05, 4.69) is 14.2 Å². The van der Waals surface area contributed by atoms with Crippen molar-refractivity contribution in [1.29, 1.82) is 0 Å². The second kappa shape index (κ2) is 3.85. The molecule has 1 atom stereocenters. The fraction of sp³-hybridized carbons (Fsp3) is 0. The molecule has 0 spiro atoms. The first-order valence-corrected chi connectivity index (χ1v) is 4.81. The predicted octanol–water partition coefficient (Wildman–Crippen LogP) is 2.39. The molecule has 0 N–H and O–H groups in total. The first kappa shape index (κ1) is 9.29. The molecule has 0 radical (unpaired) electrons. The molecule has 0 aliphatic carbocycles. The molecule has 70 valence electrons. The minimum atomic E-state index is -0.226. The molecule has 2 aromatic rings. The van der Waals surface area contributed by atoms with E-state index in [1.165, 1.54) is 12.1 Å². The van der Waals surface area contributed by atoms with E-state index in [0.29, 0.717) is 0 Å². The second-order valence-electron chi connectivity index (χ2n) is 2.98. The van der Waals surface area contributed by atoms with Crippen LogP contribution in [0.25, 0.3) is 11.3 Å². The molecule has 0 aliphatic heterocycles. The Morgan fingerprint density at radius 2 is 1.71 bits per heavy atom. The standard InChI is InChI=1S/C11H9FNP/c12-9-3-1-8(2-4-9)11-6-5-10(14)7-13-11/h1-7H,14H2. The van der Waals surface area contributed by atoms with Gasteiger partial charge in [0.1, 0.15) is 5.82 Å². The van der Waals surface area contributed by atoms with E-state index in [4.69, 9.17) is 0 Å². The van der Waals surface area contributed by atoms with E-state index in [0.717, 1.165) is 16.6 Å². The Morgan fingerprint density at radius 3 is 2.29 bits per heavy atom. The molecule has 1 nitrogen and oxygen atoms in total. The molecular formula is C11H9FNP. The maximum Gasteiger partial charge on any atom is 0.123 e. The van der Waals surface area contributed by atoms with E-state index in [1.54, 1.807) is 18.3 Å². The molecule has 0 aliphatic rings. The van der Waals surface area contributed by atoms with Crippen molar-refractivity contribution < 1.29 is 4.39 Å². The quantitative estimate of drug-likeness (QED) is 0.651. The highest BCUT2D eigenvalue weighted by molar-refractivity contribution is 7.27. The van der Waals surface area contributed by atoms with Gasteiger partial charge in [-0.25, -0.2) is 4.39 Å². The molecule has 1 aromatic heterocycles. The van der Waals surface area contributed by atoms with Crippen molar-refractivity contribution in [3.05, 3.63) is 48.4 Å². The third kappa shape index (κ3) is 1.97. The molecule has 3 heteroatoms. The highest BCUT2D eigenvalue weighted by atomic mass is 31.0. The number of rotatable bonds is 1. The summed E-state index contributed by atoms with van der Waals surface area (Å²) in [5, 5.41) is 1.04. The first-order chi connectivity index (χ1) is 6.75. The van der Waals surface area contributed by atoms with Crippen LogP contribution in [0.1, 0.15) is 0 Å². The van der Waals surface area contributed by atoms with Gasteiger partial charge in [-0.15, -0.1) is 9.24 Å². The van der Waals surface area contributed by atoms with Gasteiger partial charge < -0.3 is 0 Å². The van der Waals surface area contributed by atoms with E-state index >= 15 is 0 Å². The highest BCUT2D eigenvalue weighted by Crippen LogP contribution is 2.15. The van der Waals surface area contributed by atoms with E-state index in [9.17, 15) is 4.39 Å². The fourth-order valence-electron chi connectivity index (χ4n) is 1.20. The topological polar surface area (TPSA) is 12.9 Å². The van der Waals surface area contributed by atoms with Gasteiger partial charge in [0.25, 0.3) is 0 Å². The zero-order chi connectivity index (χ0) is 9.97. The smallest absolute Gasteiger partial charge is 0.123 e. The first-order valence-electron chi connectivity index (χ1n) is 4.23. The van der Waals surface area contributed by atoms with Gasteiger partial charge in [0.15, 0.2) is 0 Å². The summed E-state index contributed by atoms with van der Waals surface area (Å²) in [6, 6.07) is 10.2. The number of halogens is 1. The summed E-state index contributed by atoms with van der Waals surface area (Å²) < 4.78 is 12.6. The minimum Gasteiger partial charge on any atom is -0.256 e. The Labute approximate surface area is 84.2 Å². The van der Waals surface area contributed by atoms with E-state index in [-0.39, 0.29) is 5.82 Å². The number of pyridine rings is 1. The molecule has 0 fully saturated rings. The minimum absolute atomic E-state index is 0.226. The normalized spacial score (nSPS) is 10.1. The molecule has 2 rings (SSSR count). The second-order valence-corrected chi connectivity index (χ2v) is 3.65. The molecule has 14 heavy (non-hydrogen) atoms. The zero-order valence-electron chi connectivity index (χ0n) is 7.44. The van der Waals surface area contributed by atoms with Crippen molar-refractivity contribution in [2.45, 2.75) is 0 Å². The van der Waals surface area contributed by atoms with Crippen LogP contribution in [0.4, 0.5) is 4.39 Å². The van der Waals surface area contributed by atoms with Crippen molar-refractivity contribution in [2.75, 3.05) is 0 Å². The molecular weight excluding hydrogens is 196 g/mol. The lowest BCUT2D eigenvalue weighted by Gasteiger charge is -2.00. The Balaban J connectivity index is 2.40. The third-order valence-electron chi connectivity index (χ3n) is 1.93. The van der Waals surface area contributed by atoms with E-state index in [1.807, 2.05) is 12.1 Å². The van der Waals surface area contributed by atoms with Gasteiger partial charge in [0, 0.05) is 11.8 Å². The van der Waals surface area contributed by atoms with E-state index < -0.39 is 0 Å². The zero-order valence-corrected chi connectivity index (χ0v) is 8.60. The van der Waals surface area contributed by atoms with Crippen LogP contribution < -0.4 is 5.30 Å². The number of aromatic nitrogens is 1. The average Bonchev–Trinajstić information content (AvgIpc) is 2.21. The van der Waals surface area contributed by atoms with Crippen LogP contribution in [0.2, 0.25) is 0 Å². The lowest BCUT2D eigenvalue weighted by Crippen LogP contribution is -1.92. The van der Waals surface area contributed by atoms with Crippen LogP contribution in [0.15, 0.2) is 42.6 Å². The Kier molecular flexibility index (Phi) is 2.55. The Morgan fingerprint density at radius 1 is 1.00 bits per heavy atom. The summed E-state index contributed by atoms with van der Waals surface area (Å²) in [6.45, 7) is 0. The van der Waals surface area contributed by atoms with Gasteiger partial charge in [-0.05, 0) is 35.6 Å². The fourth-order valence-corrected chi connectivity index (χ4v) is 1.37. The van der Waals surface area contributed by atoms with Gasteiger partial charge in [-0.2, -0.15) is 0 Å². The number of benzene rings is 1. The van der Waals surface area contributed by atoms with Crippen LogP contribution in [-0.2, 0) is 0 Å². The van der Waals surface area contributed by atoms with Gasteiger partial charge in [0.05, 0.1) is 5.69 Å². The average molecular weight is 205 g/mol. The van der Waals surface area contributed by atoms with Crippen LogP contribution in [0.3, 0.4) is 0 Å². The summed E-state index contributed by atoms with van der Waals surface area (Å²) in [4.78, 5) is 4.23. The van der Waals surface area contributed by atoms with Crippen molar-refractivity contribution in [3.8, 4) is 11.3 Å². The molecule has 0 amide bonds. The Bertz CT molecular complexity index is 379. The maximum atomic E-state index is 12.6. The summed E-state index contributed by atoms with van der Waals surface area (Å²) >= 11 is 0. The van der Waals surface area contributed by atoms with Crippen LogP contribution >= 0.6 is 9.24 Å². The highest BCUT2D eigenvalue weighted by Gasteiger charge is 1.98. The molecule has 1 aromatic carbocycles. The van der Waals surface area contributed by atoms with Gasteiger partial charge >= 0.3 is 0 Å². The number of hydrogen-bond donors (Lipinski definition) is 0. The largest absolute Gasteiger partial charge is 0.256 e. The Hall–Kier alpha value is -1.27. The maximum absolute atomic E-state index is 12.6. The van der Waals surface area contributed by atoms with Crippen molar-refractivity contribution >= 4 is 14.5 Å². The summed E-state index contributed by atoms with van der Waals surface area (Å²) in [5.41, 5.74) is 1.78.